The molecular weight excluding hydrogens is 540 g/mol. The van der Waals surface area contributed by atoms with Crippen LogP contribution in [0, 0.1) is 0 Å². The van der Waals surface area contributed by atoms with Crippen LogP contribution >= 0.6 is 11.6 Å². The highest BCUT2D eigenvalue weighted by Crippen LogP contribution is 2.16. The zero-order valence-corrected chi connectivity index (χ0v) is 22.9. The van der Waals surface area contributed by atoms with E-state index in [0.717, 1.165) is 11.1 Å². The summed E-state index contributed by atoms with van der Waals surface area (Å²) in [5.41, 5.74) is 8.74. The van der Waals surface area contributed by atoms with Crippen LogP contribution in [0.3, 0.4) is 0 Å². The Balaban J connectivity index is 1.70. The monoisotopic (exact) mass is 572 g/mol. The van der Waals surface area contributed by atoms with Gasteiger partial charge in [-0.15, -0.1) is 0 Å². The number of carbonyl (C=O) groups is 2. The van der Waals surface area contributed by atoms with Gasteiger partial charge in [0.2, 0.25) is 21.8 Å². The van der Waals surface area contributed by atoms with E-state index in [4.69, 9.17) is 17.3 Å². The Labute approximate surface area is 233 Å². The quantitative estimate of drug-likeness (QED) is 0.199. The van der Waals surface area contributed by atoms with E-state index in [1.54, 1.807) is 48.5 Å². The molecule has 2 unspecified atom stereocenters. The number of hydrogen-bond donors (Lipinski definition) is 5. The average molecular weight is 573 g/mol. The van der Waals surface area contributed by atoms with E-state index in [1.807, 2.05) is 30.3 Å². The molecule has 0 spiro atoms. The van der Waals surface area contributed by atoms with Crippen LogP contribution in [0.5, 0.6) is 0 Å². The van der Waals surface area contributed by atoms with E-state index in [2.05, 4.69) is 15.4 Å². The molecule has 0 fully saturated rings. The number of carbonyl (C=O) groups excluding carboxylic acids is 2. The van der Waals surface area contributed by atoms with Gasteiger partial charge in [0.25, 0.3) is 0 Å². The number of nitrogens with two attached hydrogens (primary N) is 1. The standard InChI is InChI=1S/C28H33ClN4O5S/c29-24-13-12-22(16-30)23(15-24)17-31-27(35)26(18-34)32-28(36)25(14-11-20-7-3-1-4-8-20)33-39(37,38)19-21-9-5-2-6-10-21/h1-10,12-13,15,25-26,33-34H,11,14,16-19,30H2,(H,31,35)(H,32,36). The molecule has 0 saturated heterocycles. The highest BCUT2D eigenvalue weighted by atomic mass is 35.5. The Morgan fingerprint density at radius 3 is 2.13 bits per heavy atom. The molecule has 11 heteroatoms. The second-order valence-electron chi connectivity index (χ2n) is 9.02. The molecule has 0 aliphatic rings. The van der Waals surface area contributed by atoms with Gasteiger partial charge in [-0.3, -0.25) is 9.59 Å². The summed E-state index contributed by atoms with van der Waals surface area (Å²) < 4.78 is 28.3. The molecule has 0 bridgehead atoms. The average Bonchev–Trinajstić information content (AvgIpc) is 2.93. The number of rotatable bonds is 14. The van der Waals surface area contributed by atoms with Crippen LogP contribution in [-0.4, -0.2) is 44.0 Å². The molecule has 6 N–H and O–H groups in total. The minimum atomic E-state index is -3.90. The van der Waals surface area contributed by atoms with Gasteiger partial charge in [-0.25, -0.2) is 13.1 Å². The molecule has 39 heavy (non-hydrogen) atoms. The molecule has 0 radical (unpaired) electrons. The molecule has 3 aromatic rings. The topological polar surface area (TPSA) is 151 Å². The van der Waals surface area contributed by atoms with Crippen LogP contribution in [-0.2, 0) is 44.9 Å². The van der Waals surface area contributed by atoms with E-state index >= 15 is 0 Å². The lowest BCUT2D eigenvalue weighted by Gasteiger charge is -2.22. The summed E-state index contributed by atoms with van der Waals surface area (Å²) in [5.74, 6) is -1.67. The Hall–Kier alpha value is -3.28. The van der Waals surface area contributed by atoms with Crippen molar-refractivity contribution >= 4 is 33.4 Å². The fourth-order valence-electron chi connectivity index (χ4n) is 3.98. The normalized spacial score (nSPS) is 12.9. The van der Waals surface area contributed by atoms with Gasteiger partial charge in [0.1, 0.15) is 12.1 Å². The molecule has 0 aliphatic carbocycles. The van der Waals surface area contributed by atoms with Gasteiger partial charge in [0.15, 0.2) is 0 Å². The second-order valence-corrected chi connectivity index (χ2v) is 11.2. The lowest BCUT2D eigenvalue weighted by molar-refractivity contribution is -0.130. The Bertz CT molecular complexity index is 1340. The number of sulfonamides is 1. The molecular formula is C28H33ClN4O5S. The van der Waals surface area contributed by atoms with Crippen molar-refractivity contribution in [3.05, 3.63) is 106 Å². The molecule has 0 aromatic heterocycles. The predicted octanol–water partition coefficient (Wildman–Crippen LogP) is 2.01. The highest BCUT2D eigenvalue weighted by molar-refractivity contribution is 7.88. The summed E-state index contributed by atoms with van der Waals surface area (Å²) in [7, 11) is -3.90. The summed E-state index contributed by atoms with van der Waals surface area (Å²) in [4.78, 5) is 26.0. The first-order chi connectivity index (χ1) is 18.7. The minimum Gasteiger partial charge on any atom is -0.394 e. The molecule has 0 heterocycles. The maximum atomic E-state index is 13.2. The molecule has 2 amide bonds. The van der Waals surface area contributed by atoms with Crippen LogP contribution in [0.15, 0.2) is 78.9 Å². The fourth-order valence-corrected chi connectivity index (χ4v) is 5.55. The van der Waals surface area contributed by atoms with E-state index in [0.29, 0.717) is 22.6 Å². The molecule has 208 valence electrons. The number of nitrogens with one attached hydrogen (secondary N) is 3. The minimum absolute atomic E-state index is 0.0828. The van der Waals surface area contributed by atoms with Gasteiger partial charge in [-0.2, -0.15) is 0 Å². The Kier molecular flexibility index (Phi) is 11.5. The predicted molar refractivity (Wildman–Crippen MR) is 151 cm³/mol. The van der Waals surface area contributed by atoms with Crippen LogP contribution < -0.4 is 21.1 Å². The highest BCUT2D eigenvalue weighted by Gasteiger charge is 2.28. The number of amides is 2. The van der Waals surface area contributed by atoms with Crippen LogP contribution in [0.25, 0.3) is 0 Å². The van der Waals surface area contributed by atoms with Gasteiger partial charge in [0.05, 0.1) is 12.4 Å². The number of aliphatic hydroxyl groups is 1. The van der Waals surface area contributed by atoms with Crippen LogP contribution in [0.1, 0.15) is 28.7 Å². The summed E-state index contributed by atoms with van der Waals surface area (Å²) >= 11 is 6.05. The maximum absolute atomic E-state index is 13.2. The summed E-state index contributed by atoms with van der Waals surface area (Å²) in [6.07, 6.45) is 0.561. The molecule has 3 aromatic carbocycles. The van der Waals surface area contributed by atoms with Gasteiger partial charge < -0.3 is 21.5 Å². The van der Waals surface area contributed by atoms with Gasteiger partial charge in [0, 0.05) is 18.1 Å². The smallest absolute Gasteiger partial charge is 0.245 e. The van der Waals surface area contributed by atoms with Crippen molar-refractivity contribution in [2.45, 2.75) is 43.8 Å². The Morgan fingerprint density at radius 1 is 0.872 bits per heavy atom. The zero-order valence-electron chi connectivity index (χ0n) is 21.3. The van der Waals surface area contributed by atoms with Crippen molar-refractivity contribution in [2.75, 3.05) is 6.61 Å². The molecule has 9 nitrogen and oxygen atoms in total. The fraction of sp³-hybridized carbons (Fsp3) is 0.286. The van der Waals surface area contributed by atoms with Crippen molar-refractivity contribution in [1.29, 1.82) is 0 Å². The van der Waals surface area contributed by atoms with E-state index < -0.39 is 40.5 Å². The summed E-state index contributed by atoms with van der Waals surface area (Å²) in [5, 5.41) is 15.5. The first-order valence-electron chi connectivity index (χ1n) is 12.4. The number of hydrogen-bond acceptors (Lipinski definition) is 6. The third kappa shape index (κ3) is 9.76. The first kappa shape index (κ1) is 30.3. The van der Waals surface area contributed by atoms with Crippen LogP contribution in [0.4, 0.5) is 0 Å². The first-order valence-corrected chi connectivity index (χ1v) is 14.5. The SMILES string of the molecule is NCc1ccc(Cl)cc1CNC(=O)C(CO)NC(=O)C(CCc1ccccc1)NS(=O)(=O)Cc1ccccc1. The van der Waals surface area contributed by atoms with Gasteiger partial charge in [-0.05, 0) is 47.2 Å². The van der Waals surface area contributed by atoms with Gasteiger partial charge >= 0.3 is 0 Å². The van der Waals surface area contributed by atoms with Crippen molar-refractivity contribution < 1.29 is 23.1 Å². The molecule has 3 rings (SSSR count). The number of halogens is 1. The largest absolute Gasteiger partial charge is 0.394 e. The lowest BCUT2D eigenvalue weighted by atomic mass is 10.0. The van der Waals surface area contributed by atoms with Crippen molar-refractivity contribution in [2.24, 2.45) is 5.73 Å². The zero-order chi connectivity index (χ0) is 28.3. The summed E-state index contributed by atoms with van der Waals surface area (Å²) in [6, 6.07) is 20.6. The van der Waals surface area contributed by atoms with E-state index in [9.17, 15) is 23.1 Å². The third-order valence-corrected chi connectivity index (χ3v) is 7.65. The van der Waals surface area contributed by atoms with Crippen molar-refractivity contribution in [1.82, 2.24) is 15.4 Å². The summed E-state index contributed by atoms with van der Waals surface area (Å²) in [6.45, 7) is -0.354. The van der Waals surface area contributed by atoms with Crippen molar-refractivity contribution in [3.8, 4) is 0 Å². The molecule has 0 saturated carbocycles. The molecule has 0 aliphatic heterocycles. The number of benzene rings is 3. The maximum Gasteiger partial charge on any atom is 0.245 e. The lowest BCUT2D eigenvalue weighted by Crippen LogP contribution is -2.55. The number of aliphatic hydroxyl groups excluding tert-OH is 1. The Morgan fingerprint density at radius 2 is 1.51 bits per heavy atom. The van der Waals surface area contributed by atoms with Gasteiger partial charge in [-0.1, -0.05) is 78.3 Å². The van der Waals surface area contributed by atoms with Crippen molar-refractivity contribution in [3.63, 3.8) is 0 Å². The van der Waals surface area contributed by atoms with Crippen LogP contribution in [0.2, 0.25) is 5.02 Å². The van der Waals surface area contributed by atoms with E-state index in [-0.39, 0.29) is 25.3 Å². The number of aryl methyl sites for hydroxylation is 1. The second kappa shape index (κ2) is 14.8. The third-order valence-electron chi connectivity index (χ3n) is 6.06. The molecule has 2 atom stereocenters. The van der Waals surface area contributed by atoms with E-state index in [1.165, 1.54) is 0 Å².